The van der Waals surface area contributed by atoms with Gasteiger partial charge in [0.2, 0.25) is 11.0 Å². The van der Waals surface area contributed by atoms with E-state index in [0.717, 1.165) is 35.2 Å². The molecule has 0 bridgehead atoms. The van der Waals surface area contributed by atoms with Gasteiger partial charge >= 0.3 is 0 Å². The van der Waals surface area contributed by atoms with Crippen molar-refractivity contribution in [2.75, 3.05) is 24.7 Å². The van der Waals surface area contributed by atoms with Crippen molar-refractivity contribution in [1.29, 1.82) is 0 Å². The number of benzene rings is 1. The first-order valence-corrected chi connectivity index (χ1v) is 12.1. The van der Waals surface area contributed by atoms with Crippen LogP contribution in [-0.4, -0.2) is 40.4 Å². The lowest BCUT2D eigenvalue weighted by atomic mass is 9.98. The zero-order chi connectivity index (χ0) is 20.2. The smallest absolute Gasteiger partial charge is 0.233 e. The molecule has 3 aromatic rings. The van der Waals surface area contributed by atoms with Crippen LogP contribution >= 0.6 is 34.4 Å². The first kappa shape index (κ1) is 20.2. The van der Waals surface area contributed by atoms with Crippen LogP contribution in [0.3, 0.4) is 0 Å². The van der Waals surface area contributed by atoms with Gasteiger partial charge in [0.25, 0.3) is 0 Å². The fourth-order valence-electron chi connectivity index (χ4n) is 3.48. The van der Waals surface area contributed by atoms with Crippen molar-refractivity contribution >= 4 is 51.2 Å². The summed E-state index contributed by atoms with van der Waals surface area (Å²) in [6, 6.07) is 10.0. The topological polar surface area (TPSA) is 67.4 Å². The summed E-state index contributed by atoms with van der Waals surface area (Å²) in [5.41, 5.74) is 2.21. The minimum absolute atomic E-state index is 0.163. The highest BCUT2D eigenvalue weighted by Gasteiger charge is 2.30. The van der Waals surface area contributed by atoms with Gasteiger partial charge in [-0.25, -0.2) is 0 Å². The number of carbonyl (C=O) groups is 1. The Morgan fingerprint density at radius 3 is 3.10 bits per heavy atom. The predicted octanol–water partition coefficient (Wildman–Crippen LogP) is 4.98. The Hall–Kier alpha value is -2.10. The number of hydrogen-bond acceptors (Lipinski definition) is 8. The third kappa shape index (κ3) is 4.57. The Labute approximate surface area is 182 Å². The third-order valence-electron chi connectivity index (χ3n) is 4.85. The van der Waals surface area contributed by atoms with Crippen molar-refractivity contribution in [2.24, 2.45) is 0 Å². The molecule has 4 rings (SSSR count). The van der Waals surface area contributed by atoms with Gasteiger partial charge in [0.15, 0.2) is 4.34 Å². The van der Waals surface area contributed by atoms with Crippen LogP contribution in [0.2, 0.25) is 0 Å². The maximum Gasteiger partial charge on any atom is 0.233 e. The maximum atomic E-state index is 12.9. The Morgan fingerprint density at radius 1 is 1.38 bits per heavy atom. The molecule has 2 aromatic heterocycles. The van der Waals surface area contributed by atoms with Crippen molar-refractivity contribution in [3.8, 4) is 5.75 Å². The molecule has 0 fully saturated rings. The summed E-state index contributed by atoms with van der Waals surface area (Å²) in [5, 5.41) is 14.5. The van der Waals surface area contributed by atoms with Gasteiger partial charge in [-0.05, 0) is 42.0 Å². The van der Waals surface area contributed by atoms with Crippen LogP contribution in [0.1, 0.15) is 29.8 Å². The molecule has 3 heterocycles. The predicted molar refractivity (Wildman–Crippen MR) is 120 cm³/mol. The van der Waals surface area contributed by atoms with Crippen LogP contribution < -0.4 is 10.1 Å². The van der Waals surface area contributed by atoms with Crippen molar-refractivity contribution in [1.82, 2.24) is 15.1 Å². The number of fused-ring (bicyclic) bond motifs is 1. The summed E-state index contributed by atoms with van der Waals surface area (Å²) >= 11 is 4.69. The average Bonchev–Trinajstić information content (AvgIpc) is 3.40. The highest BCUT2D eigenvalue weighted by atomic mass is 32.2. The molecule has 6 nitrogen and oxygen atoms in total. The molecule has 0 spiro atoms. The largest absolute Gasteiger partial charge is 0.497 e. The Balaban J connectivity index is 1.35. The molecule has 1 amide bonds. The molecule has 152 valence electrons. The molecule has 1 aromatic carbocycles. The number of thiophene rings is 1. The van der Waals surface area contributed by atoms with Crippen LogP contribution in [0.4, 0.5) is 10.8 Å². The first-order chi connectivity index (χ1) is 14.2. The molecule has 0 saturated heterocycles. The molecule has 0 aliphatic carbocycles. The lowest BCUT2D eigenvalue weighted by Crippen LogP contribution is -2.40. The van der Waals surface area contributed by atoms with E-state index in [-0.39, 0.29) is 11.9 Å². The Morgan fingerprint density at radius 2 is 2.28 bits per heavy atom. The van der Waals surface area contributed by atoms with Gasteiger partial charge < -0.3 is 15.0 Å². The van der Waals surface area contributed by atoms with E-state index in [1.165, 1.54) is 33.5 Å². The standard InChI is InChI=1S/C20H22N4O2S3/c1-3-16-15-8-10-27-17(15)7-9-24(16)18(25)12-28-20-23-22-19(29-20)21-13-5-4-6-14(11-13)26-2/h4-6,8,10-11,16H,3,7,9,12H2,1-2H3,(H,21,22). The number of amides is 1. The lowest BCUT2D eigenvalue weighted by Gasteiger charge is -2.35. The van der Waals surface area contributed by atoms with Gasteiger partial charge in [0.1, 0.15) is 5.75 Å². The zero-order valence-corrected chi connectivity index (χ0v) is 18.7. The van der Waals surface area contributed by atoms with Crippen molar-refractivity contribution in [2.45, 2.75) is 30.1 Å². The second kappa shape index (κ2) is 9.15. The van der Waals surface area contributed by atoms with Crippen LogP contribution in [0, 0.1) is 0 Å². The van der Waals surface area contributed by atoms with Crippen molar-refractivity contribution in [3.05, 3.63) is 46.2 Å². The molecule has 0 saturated carbocycles. The van der Waals surface area contributed by atoms with Gasteiger partial charge in [0, 0.05) is 23.2 Å². The number of rotatable bonds is 7. The van der Waals surface area contributed by atoms with Crippen LogP contribution in [-0.2, 0) is 11.2 Å². The number of aromatic nitrogens is 2. The second-order valence-corrected chi connectivity index (χ2v) is 9.78. The summed E-state index contributed by atoms with van der Waals surface area (Å²) in [6.07, 6.45) is 1.89. The summed E-state index contributed by atoms with van der Waals surface area (Å²) in [4.78, 5) is 16.3. The van der Waals surface area contributed by atoms with E-state index in [0.29, 0.717) is 10.9 Å². The van der Waals surface area contributed by atoms with Crippen molar-refractivity contribution in [3.63, 3.8) is 0 Å². The number of hydrogen-bond donors (Lipinski definition) is 1. The second-order valence-electron chi connectivity index (χ2n) is 6.58. The zero-order valence-electron chi connectivity index (χ0n) is 16.3. The lowest BCUT2D eigenvalue weighted by molar-refractivity contribution is -0.131. The van der Waals surface area contributed by atoms with Gasteiger partial charge in [-0.3, -0.25) is 4.79 Å². The van der Waals surface area contributed by atoms with E-state index >= 15 is 0 Å². The molecule has 29 heavy (non-hydrogen) atoms. The molecular formula is C20H22N4O2S3. The van der Waals surface area contributed by atoms with Crippen LogP contribution in [0.15, 0.2) is 40.1 Å². The van der Waals surface area contributed by atoms with E-state index in [9.17, 15) is 4.79 Å². The number of ether oxygens (including phenoxy) is 1. The summed E-state index contributed by atoms with van der Waals surface area (Å²) < 4.78 is 6.02. The average molecular weight is 447 g/mol. The highest BCUT2D eigenvalue weighted by Crippen LogP contribution is 2.36. The molecule has 0 radical (unpaired) electrons. The summed E-state index contributed by atoms with van der Waals surface area (Å²) in [5.74, 6) is 1.32. The molecule has 1 atom stereocenters. The van der Waals surface area contributed by atoms with Gasteiger partial charge in [0.05, 0.1) is 18.9 Å². The van der Waals surface area contributed by atoms with Crippen LogP contribution in [0.5, 0.6) is 5.75 Å². The quantitative estimate of drug-likeness (QED) is 0.516. The van der Waals surface area contributed by atoms with Gasteiger partial charge in [-0.15, -0.1) is 21.5 Å². The highest BCUT2D eigenvalue weighted by molar-refractivity contribution is 8.01. The maximum absolute atomic E-state index is 12.9. The normalized spacial score (nSPS) is 15.8. The van der Waals surface area contributed by atoms with Gasteiger partial charge in [-0.2, -0.15) is 0 Å². The third-order valence-corrected chi connectivity index (χ3v) is 7.80. The van der Waals surface area contributed by atoms with Crippen LogP contribution in [0.25, 0.3) is 0 Å². The van der Waals surface area contributed by atoms with E-state index in [2.05, 4.69) is 33.9 Å². The summed E-state index contributed by atoms with van der Waals surface area (Å²) in [6.45, 7) is 2.94. The number of methoxy groups -OCH3 is 1. The summed E-state index contributed by atoms with van der Waals surface area (Å²) in [7, 11) is 1.64. The number of anilines is 2. The Kier molecular flexibility index (Phi) is 6.37. The first-order valence-electron chi connectivity index (χ1n) is 9.41. The minimum atomic E-state index is 0.163. The fourth-order valence-corrected chi connectivity index (χ4v) is 6.07. The molecule has 1 aliphatic heterocycles. The fraction of sp³-hybridized carbons (Fsp3) is 0.350. The van der Waals surface area contributed by atoms with E-state index in [4.69, 9.17) is 4.74 Å². The SMILES string of the molecule is CCC1c2ccsc2CCN1C(=O)CSc1nnc(Nc2cccc(OC)c2)s1. The van der Waals surface area contributed by atoms with E-state index < -0.39 is 0 Å². The molecule has 1 N–H and O–H groups in total. The monoisotopic (exact) mass is 446 g/mol. The number of nitrogens with zero attached hydrogens (tertiary/aromatic N) is 3. The van der Waals surface area contributed by atoms with E-state index in [1.54, 1.807) is 18.4 Å². The van der Waals surface area contributed by atoms with Gasteiger partial charge in [-0.1, -0.05) is 36.1 Å². The number of nitrogens with one attached hydrogen (secondary N) is 1. The minimum Gasteiger partial charge on any atom is -0.497 e. The molecule has 1 unspecified atom stereocenters. The number of carbonyl (C=O) groups excluding carboxylic acids is 1. The molecular weight excluding hydrogens is 424 g/mol. The Bertz CT molecular complexity index is 988. The van der Waals surface area contributed by atoms with Crippen molar-refractivity contribution < 1.29 is 9.53 Å². The molecule has 1 aliphatic rings. The molecule has 9 heteroatoms. The number of thioether (sulfide) groups is 1. The van der Waals surface area contributed by atoms with E-state index in [1.807, 2.05) is 29.2 Å².